The van der Waals surface area contributed by atoms with Crippen LogP contribution in [0.4, 0.5) is 4.39 Å². The van der Waals surface area contributed by atoms with E-state index in [2.05, 4.69) is 5.10 Å². The number of ether oxygens (including phenoxy) is 1. The zero-order chi connectivity index (χ0) is 15.5. The third-order valence-corrected chi connectivity index (χ3v) is 3.40. The Balaban J connectivity index is 0.00000144. The third kappa shape index (κ3) is 4.15. The highest BCUT2D eigenvalue weighted by Crippen LogP contribution is 2.28. The fourth-order valence-electron chi connectivity index (χ4n) is 2.34. The lowest BCUT2D eigenvalue weighted by Gasteiger charge is -2.10. The molecule has 2 aromatic carbocycles. The Morgan fingerprint density at radius 3 is 2.67 bits per heavy atom. The van der Waals surface area contributed by atoms with E-state index in [0.717, 1.165) is 10.9 Å². The van der Waals surface area contributed by atoms with Crippen LogP contribution in [0.1, 0.15) is 5.56 Å². The van der Waals surface area contributed by atoms with Crippen molar-refractivity contribution in [1.82, 2.24) is 9.78 Å². The SMILES string of the molecule is Cl.Cl.NCc1cc(F)ccc1Oc1ccc2c(cnn2CCO)c1. The highest BCUT2D eigenvalue weighted by molar-refractivity contribution is 5.85. The van der Waals surface area contributed by atoms with Gasteiger partial charge in [-0.2, -0.15) is 5.10 Å². The van der Waals surface area contributed by atoms with E-state index >= 15 is 0 Å². The van der Waals surface area contributed by atoms with E-state index in [9.17, 15) is 4.39 Å². The molecule has 0 radical (unpaired) electrons. The van der Waals surface area contributed by atoms with Crippen molar-refractivity contribution >= 4 is 35.7 Å². The first kappa shape index (κ1) is 20.2. The Hall–Kier alpha value is -1.86. The molecule has 0 amide bonds. The number of aromatic nitrogens is 2. The summed E-state index contributed by atoms with van der Waals surface area (Å²) in [5, 5.41) is 14.1. The van der Waals surface area contributed by atoms with Gasteiger partial charge in [0.05, 0.1) is 24.9 Å². The summed E-state index contributed by atoms with van der Waals surface area (Å²) in [6.07, 6.45) is 1.71. The predicted molar refractivity (Wildman–Crippen MR) is 95.7 cm³/mol. The summed E-state index contributed by atoms with van der Waals surface area (Å²) in [5.41, 5.74) is 7.14. The number of halogens is 3. The lowest BCUT2D eigenvalue weighted by molar-refractivity contribution is 0.271. The zero-order valence-corrected chi connectivity index (χ0v) is 14.3. The fraction of sp³-hybridized carbons (Fsp3) is 0.188. The van der Waals surface area contributed by atoms with E-state index < -0.39 is 0 Å². The molecule has 8 heteroatoms. The van der Waals surface area contributed by atoms with E-state index in [1.54, 1.807) is 16.9 Å². The molecule has 0 aliphatic heterocycles. The number of aliphatic hydroxyl groups is 1. The van der Waals surface area contributed by atoms with Crippen molar-refractivity contribution in [1.29, 1.82) is 0 Å². The number of nitrogens with zero attached hydrogens (tertiary/aromatic N) is 2. The van der Waals surface area contributed by atoms with Crippen LogP contribution in [0.2, 0.25) is 0 Å². The van der Waals surface area contributed by atoms with Crippen LogP contribution in [0.25, 0.3) is 10.9 Å². The summed E-state index contributed by atoms with van der Waals surface area (Å²) >= 11 is 0. The fourth-order valence-corrected chi connectivity index (χ4v) is 2.34. The molecule has 24 heavy (non-hydrogen) atoms. The van der Waals surface area contributed by atoms with Crippen LogP contribution in [0.5, 0.6) is 11.5 Å². The monoisotopic (exact) mass is 373 g/mol. The molecule has 0 aliphatic carbocycles. The first-order valence-electron chi connectivity index (χ1n) is 6.94. The van der Waals surface area contributed by atoms with Gasteiger partial charge in [-0.15, -0.1) is 24.8 Å². The molecule has 5 nitrogen and oxygen atoms in total. The van der Waals surface area contributed by atoms with Gasteiger partial charge in [-0.05, 0) is 36.4 Å². The average molecular weight is 374 g/mol. The van der Waals surface area contributed by atoms with Gasteiger partial charge in [0.25, 0.3) is 0 Å². The lowest BCUT2D eigenvalue weighted by atomic mass is 10.2. The second kappa shape index (κ2) is 8.84. The molecule has 130 valence electrons. The second-order valence-electron chi connectivity index (χ2n) is 4.87. The lowest BCUT2D eigenvalue weighted by Crippen LogP contribution is -2.03. The smallest absolute Gasteiger partial charge is 0.132 e. The number of nitrogens with two attached hydrogens (primary N) is 1. The number of rotatable bonds is 5. The van der Waals surface area contributed by atoms with Crippen LogP contribution in [0, 0.1) is 5.82 Å². The van der Waals surface area contributed by atoms with Gasteiger partial charge in [-0.3, -0.25) is 4.68 Å². The standard InChI is InChI=1S/C16H16FN3O2.2ClH/c17-13-1-4-16(11(7-13)9-18)22-14-2-3-15-12(8-14)10-19-20(15)5-6-21;;/h1-4,7-8,10,21H,5-6,9,18H2;2*1H. The molecule has 3 aromatic rings. The zero-order valence-electron chi connectivity index (χ0n) is 12.7. The maximum absolute atomic E-state index is 13.2. The second-order valence-corrected chi connectivity index (χ2v) is 4.87. The summed E-state index contributed by atoms with van der Waals surface area (Å²) in [7, 11) is 0. The quantitative estimate of drug-likeness (QED) is 0.719. The summed E-state index contributed by atoms with van der Waals surface area (Å²) in [4.78, 5) is 0. The molecule has 1 aromatic heterocycles. The summed E-state index contributed by atoms with van der Waals surface area (Å²) in [6.45, 7) is 0.674. The van der Waals surface area contributed by atoms with Gasteiger partial charge >= 0.3 is 0 Å². The number of benzene rings is 2. The van der Waals surface area contributed by atoms with Gasteiger partial charge in [0.15, 0.2) is 0 Å². The van der Waals surface area contributed by atoms with Crippen LogP contribution in [0.3, 0.4) is 0 Å². The third-order valence-electron chi connectivity index (χ3n) is 3.40. The van der Waals surface area contributed by atoms with Crippen molar-refractivity contribution in [3.8, 4) is 11.5 Å². The van der Waals surface area contributed by atoms with Crippen LogP contribution < -0.4 is 10.5 Å². The van der Waals surface area contributed by atoms with Crippen LogP contribution >= 0.6 is 24.8 Å². The largest absolute Gasteiger partial charge is 0.457 e. The molecule has 3 N–H and O–H groups in total. The van der Waals surface area contributed by atoms with Gasteiger partial charge in [0.2, 0.25) is 0 Å². The van der Waals surface area contributed by atoms with E-state index in [1.807, 2.05) is 18.2 Å². The Bertz CT molecular complexity index is 811. The molecule has 0 aliphatic rings. The molecule has 1 heterocycles. The van der Waals surface area contributed by atoms with Gasteiger partial charge < -0.3 is 15.6 Å². The van der Waals surface area contributed by atoms with Crippen LogP contribution in [0.15, 0.2) is 42.6 Å². The molecule has 3 rings (SSSR count). The van der Waals surface area contributed by atoms with Crippen LogP contribution in [-0.4, -0.2) is 21.5 Å². The highest BCUT2D eigenvalue weighted by Gasteiger charge is 2.08. The van der Waals surface area contributed by atoms with Crippen molar-refractivity contribution in [3.63, 3.8) is 0 Å². The predicted octanol–water partition coefficient (Wildman–Crippen LogP) is 3.26. The molecule has 0 atom stereocenters. The van der Waals surface area contributed by atoms with E-state index in [-0.39, 0.29) is 43.8 Å². The van der Waals surface area contributed by atoms with Gasteiger partial charge in [-0.1, -0.05) is 0 Å². The molecular formula is C16H18Cl2FN3O2. The van der Waals surface area contributed by atoms with Crippen LogP contribution in [-0.2, 0) is 13.1 Å². The minimum Gasteiger partial charge on any atom is -0.457 e. The summed E-state index contributed by atoms with van der Waals surface area (Å²) < 4.78 is 20.7. The molecular weight excluding hydrogens is 356 g/mol. The first-order valence-corrected chi connectivity index (χ1v) is 6.94. The average Bonchev–Trinajstić information content (AvgIpc) is 2.92. The van der Waals surface area contributed by atoms with E-state index in [0.29, 0.717) is 23.6 Å². The Kier molecular flexibility index (Phi) is 7.44. The van der Waals surface area contributed by atoms with Gasteiger partial charge in [-0.25, -0.2) is 4.39 Å². The summed E-state index contributed by atoms with van der Waals surface area (Å²) in [6, 6.07) is 9.80. The first-order chi connectivity index (χ1) is 10.7. The van der Waals surface area contributed by atoms with Crippen molar-refractivity contribution in [2.45, 2.75) is 13.1 Å². The van der Waals surface area contributed by atoms with Gasteiger partial charge in [0.1, 0.15) is 17.3 Å². The van der Waals surface area contributed by atoms with Crippen molar-refractivity contribution < 1.29 is 14.2 Å². The topological polar surface area (TPSA) is 73.3 Å². The molecule has 0 fully saturated rings. The molecule has 0 bridgehead atoms. The van der Waals surface area contributed by atoms with Crippen molar-refractivity contribution in [3.05, 3.63) is 54.0 Å². The Morgan fingerprint density at radius 1 is 1.17 bits per heavy atom. The number of hydrogen-bond acceptors (Lipinski definition) is 4. The molecule has 0 saturated heterocycles. The maximum atomic E-state index is 13.2. The molecule has 0 spiro atoms. The minimum atomic E-state index is -0.339. The number of hydrogen-bond donors (Lipinski definition) is 2. The highest BCUT2D eigenvalue weighted by atomic mass is 35.5. The maximum Gasteiger partial charge on any atom is 0.132 e. The van der Waals surface area contributed by atoms with E-state index in [1.165, 1.54) is 12.1 Å². The number of fused-ring (bicyclic) bond motifs is 1. The Morgan fingerprint density at radius 2 is 1.96 bits per heavy atom. The molecule has 0 saturated carbocycles. The Labute approximate surface area is 151 Å². The number of aliphatic hydroxyl groups excluding tert-OH is 1. The van der Waals surface area contributed by atoms with Crippen molar-refractivity contribution in [2.75, 3.05) is 6.61 Å². The normalized spacial score (nSPS) is 10.1. The van der Waals surface area contributed by atoms with Crippen molar-refractivity contribution in [2.24, 2.45) is 5.73 Å². The van der Waals surface area contributed by atoms with Gasteiger partial charge in [0, 0.05) is 17.5 Å². The molecule has 0 unspecified atom stereocenters. The minimum absolute atomic E-state index is 0. The summed E-state index contributed by atoms with van der Waals surface area (Å²) in [5.74, 6) is 0.817. The van der Waals surface area contributed by atoms with E-state index in [4.69, 9.17) is 15.6 Å².